The van der Waals surface area contributed by atoms with E-state index in [1.165, 1.54) is 5.56 Å². The third-order valence-corrected chi connectivity index (χ3v) is 4.27. The van der Waals surface area contributed by atoms with Crippen molar-refractivity contribution in [2.24, 2.45) is 5.92 Å². The van der Waals surface area contributed by atoms with Crippen molar-refractivity contribution in [3.8, 4) is 0 Å². The van der Waals surface area contributed by atoms with Crippen LogP contribution in [0.2, 0.25) is 0 Å². The molecule has 2 unspecified atom stereocenters. The zero-order chi connectivity index (χ0) is 14.7. The Morgan fingerprint density at radius 3 is 2.50 bits per heavy atom. The van der Waals surface area contributed by atoms with Gasteiger partial charge in [0.25, 0.3) is 0 Å². The number of nitrogens with one attached hydrogen (secondary N) is 1. The van der Waals surface area contributed by atoms with Gasteiger partial charge in [-0.05, 0) is 30.2 Å². The number of aliphatic hydroxyl groups is 2. The summed E-state index contributed by atoms with van der Waals surface area (Å²) in [7, 11) is 0. The highest BCUT2D eigenvalue weighted by Crippen LogP contribution is 2.27. The van der Waals surface area contributed by atoms with Crippen LogP contribution in [0.3, 0.4) is 0 Å². The monoisotopic (exact) mass is 342 g/mol. The fourth-order valence-electron chi connectivity index (χ4n) is 2.35. The average molecular weight is 343 g/mol. The van der Waals surface area contributed by atoms with E-state index in [2.05, 4.69) is 47.2 Å². The molecule has 0 bridgehead atoms. The number of β-amino-alcohol motifs (C(OH)–C–C–N with tert-alkyl or cyclic N) is 2. The summed E-state index contributed by atoms with van der Waals surface area (Å²) in [6.07, 6.45) is -1.30. The predicted octanol–water partition coefficient (Wildman–Crippen LogP) is 1.74. The Balaban J connectivity index is 1.99. The van der Waals surface area contributed by atoms with E-state index in [0.29, 0.717) is 19.0 Å². The molecule has 1 aromatic carbocycles. The van der Waals surface area contributed by atoms with Gasteiger partial charge in [-0.3, -0.25) is 0 Å². The Labute approximate surface area is 128 Å². The van der Waals surface area contributed by atoms with E-state index in [9.17, 15) is 10.2 Å². The molecule has 1 heterocycles. The second-order valence-corrected chi connectivity index (χ2v) is 6.69. The molecule has 2 atom stereocenters. The molecule has 0 aliphatic carbocycles. The van der Waals surface area contributed by atoms with Gasteiger partial charge in [0, 0.05) is 29.8 Å². The molecule has 5 heteroatoms. The van der Waals surface area contributed by atoms with Gasteiger partial charge in [0.15, 0.2) is 0 Å². The highest BCUT2D eigenvalue weighted by Gasteiger charge is 2.29. The molecular weight excluding hydrogens is 320 g/mol. The average Bonchev–Trinajstić information content (AvgIpc) is 2.71. The van der Waals surface area contributed by atoms with E-state index < -0.39 is 12.2 Å². The van der Waals surface area contributed by atoms with Crippen molar-refractivity contribution < 1.29 is 10.2 Å². The van der Waals surface area contributed by atoms with Crippen LogP contribution in [0, 0.1) is 5.92 Å². The summed E-state index contributed by atoms with van der Waals surface area (Å²) in [5, 5.41) is 22.6. The smallest absolute Gasteiger partial charge is 0.0990 e. The van der Waals surface area contributed by atoms with Crippen LogP contribution in [0.15, 0.2) is 22.7 Å². The first-order chi connectivity index (χ1) is 9.47. The Bertz CT molecular complexity index is 443. The van der Waals surface area contributed by atoms with Crippen molar-refractivity contribution in [2.75, 3.05) is 24.5 Å². The van der Waals surface area contributed by atoms with Gasteiger partial charge >= 0.3 is 0 Å². The SMILES string of the molecule is CC(C)CNCc1ccc(N2CC(O)C(O)C2)cc1Br. The number of benzene rings is 1. The molecule has 0 spiro atoms. The van der Waals surface area contributed by atoms with E-state index in [1.54, 1.807) is 0 Å². The van der Waals surface area contributed by atoms with Crippen molar-refractivity contribution in [1.82, 2.24) is 5.32 Å². The zero-order valence-corrected chi connectivity index (χ0v) is 13.6. The fraction of sp³-hybridized carbons (Fsp3) is 0.600. The molecule has 1 aliphatic heterocycles. The van der Waals surface area contributed by atoms with Gasteiger partial charge in [0.05, 0.1) is 12.2 Å². The molecule has 0 amide bonds. The number of hydrogen-bond donors (Lipinski definition) is 3. The summed E-state index contributed by atoms with van der Waals surface area (Å²) < 4.78 is 1.06. The minimum Gasteiger partial charge on any atom is -0.389 e. The molecule has 2 rings (SSSR count). The number of hydrogen-bond acceptors (Lipinski definition) is 4. The Morgan fingerprint density at radius 1 is 1.30 bits per heavy atom. The molecule has 112 valence electrons. The maximum absolute atomic E-state index is 9.61. The van der Waals surface area contributed by atoms with Crippen LogP contribution in [0.1, 0.15) is 19.4 Å². The number of anilines is 1. The van der Waals surface area contributed by atoms with Crippen molar-refractivity contribution in [3.05, 3.63) is 28.2 Å². The summed E-state index contributed by atoms with van der Waals surface area (Å²) in [5.41, 5.74) is 2.25. The second kappa shape index (κ2) is 6.89. The van der Waals surface area contributed by atoms with Crippen LogP contribution in [0.25, 0.3) is 0 Å². The molecule has 4 nitrogen and oxygen atoms in total. The van der Waals surface area contributed by atoms with E-state index >= 15 is 0 Å². The molecule has 1 fully saturated rings. The van der Waals surface area contributed by atoms with Crippen molar-refractivity contribution in [3.63, 3.8) is 0 Å². The summed E-state index contributed by atoms with van der Waals surface area (Å²) >= 11 is 3.60. The summed E-state index contributed by atoms with van der Waals surface area (Å²) in [6, 6.07) is 6.18. The summed E-state index contributed by atoms with van der Waals surface area (Å²) in [5.74, 6) is 0.639. The summed E-state index contributed by atoms with van der Waals surface area (Å²) in [4.78, 5) is 2.01. The molecule has 0 aromatic heterocycles. The minimum absolute atomic E-state index is 0.485. The molecular formula is C15H23BrN2O2. The van der Waals surface area contributed by atoms with E-state index in [4.69, 9.17) is 0 Å². The predicted molar refractivity (Wildman–Crippen MR) is 84.9 cm³/mol. The van der Waals surface area contributed by atoms with Gasteiger partial charge in [0.2, 0.25) is 0 Å². The zero-order valence-electron chi connectivity index (χ0n) is 12.0. The lowest BCUT2D eigenvalue weighted by molar-refractivity contribution is 0.0572. The van der Waals surface area contributed by atoms with Crippen molar-refractivity contribution >= 4 is 21.6 Å². The second-order valence-electron chi connectivity index (χ2n) is 5.84. The maximum Gasteiger partial charge on any atom is 0.0990 e. The van der Waals surface area contributed by atoms with Gasteiger partial charge in [0.1, 0.15) is 0 Å². The fourth-order valence-corrected chi connectivity index (χ4v) is 2.86. The standard InChI is InChI=1S/C15H23BrN2O2/c1-10(2)6-17-7-11-3-4-12(5-13(11)16)18-8-14(19)15(20)9-18/h3-5,10,14-15,17,19-20H,6-9H2,1-2H3. The van der Waals surface area contributed by atoms with Gasteiger partial charge in [-0.1, -0.05) is 35.8 Å². The molecule has 3 N–H and O–H groups in total. The first-order valence-corrected chi connectivity index (χ1v) is 7.87. The lowest BCUT2D eigenvalue weighted by atomic mass is 10.1. The molecule has 0 saturated carbocycles. The van der Waals surface area contributed by atoms with E-state index in [0.717, 1.165) is 23.2 Å². The number of rotatable bonds is 5. The van der Waals surface area contributed by atoms with Crippen LogP contribution in [0.5, 0.6) is 0 Å². The third-order valence-electron chi connectivity index (χ3n) is 3.53. The third kappa shape index (κ3) is 3.95. The molecule has 1 aromatic rings. The topological polar surface area (TPSA) is 55.7 Å². The Kier molecular flexibility index (Phi) is 5.43. The first-order valence-electron chi connectivity index (χ1n) is 7.07. The van der Waals surface area contributed by atoms with Gasteiger partial charge in [-0.25, -0.2) is 0 Å². The minimum atomic E-state index is -0.652. The summed E-state index contributed by atoms with van der Waals surface area (Å²) in [6.45, 7) is 7.18. The van der Waals surface area contributed by atoms with Gasteiger partial charge < -0.3 is 20.4 Å². The quantitative estimate of drug-likeness (QED) is 0.762. The number of halogens is 1. The van der Waals surface area contributed by atoms with E-state index in [1.807, 2.05) is 11.0 Å². The van der Waals surface area contributed by atoms with E-state index in [-0.39, 0.29) is 0 Å². The molecule has 1 saturated heterocycles. The lowest BCUT2D eigenvalue weighted by Gasteiger charge is -2.19. The van der Waals surface area contributed by atoms with Crippen molar-refractivity contribution in [2.45, 2.75) is 32.6 Å². The Hall–Kier alpha value is -0.620. The van der Waals surface area contributed by atoms with Gasteiger partial charge in [-0.2, -0.15) is 0 Å². The molecule has 0 radical (unpaired) electrons. The van der Waals surface area contributed by atoms with Gasteiger partial charge in [-0.15, -0.1) is 0 Å². The highest BCUT2D eigenvalue weighted by molar-refractivity contribution is 9.10. The van der Waals surface area contributed by atoms with Crippen LogP contribution in [-0.2, 0) is 6.54 Å². The van der Waals surface area contributed by atoms with Crippen LogP contribution >= 0.6 is 15.9 Å². The normalized spacial score (nSPS) is 22.8. The number of nitrogens with zero attached hydrogens (tertiary/aromatic N) is 1. The number of aliphatic hydroxyl groups excluding tert-OH is 2. The van der Waals surface area contributed by atoms with Crippen LogP contribution < -0.4 is 10.2 Å². The maximum atomic E-state index is 9.61. The van der Waals surface area contributed by atoms with Crippen LogP contribution in [0.4, 0.5) is 5.69 Å². The first kappa shape index (κ1) is 15.8. The van der Waals surface area contributed by atoms with Crippen LogP contribution in [-0.4, -0.2) is 42.1 Å². The Morgan fingerprint density at radius 2 is 1.95 bits per heavy atom. The lowest BCUT2D eigenvalue weighted by Crippen LogP contribution is -2.22. The molecule has 1 aliphatic rings. The molecule has 20 heavy (non-hydrogen) atoms. The largest absolute Gasteiger partial charge is 0.389 e. The highest BCUT2D eigenvalue weighted by atomic mass is 79.9. The van der Waals surface area contributed by atoms with Crippen molar-refractivity contribution in [1.29, 1.82) is 0 Å².